The first-order chi connectivity index (χ1) is 15.9. The first-order valence-electron chi connectivity index (χ1n) is 10.1. The van der Waals surface area contributed by atoms with Crippen LogP contribution in [0.3, 0.4) is 0 Å². The minimum atomic E-state index is -0.737. The van der Waals surface area contributed by atoms with E-state index in [0.717, 1.165) is 16.7 Å². The molecular formula is C25H23ClN2O5. The summed E-state index contributed by atoms with van der Waals surface area (Å²) in [6, 6.07) is 20.0. The van der Waals surface area contributed by atoms with Crippen molar-refractivity contribution in [2.75, 3.05) is 25.6 Å². The average molecular weight is 467 g/mol. The second-order valence-electron chi connectivity index (χ2n) is 7.14. The third kappa shape index (κ3) is 6.57. The Morgan fingerprint density at radius 3 is 2.27 bits per heavy atom. The highest BCUT2D eigenvalue weighted by molar-refractivity contribution is 6.31. The predicted octanol–water partition coefficient (Wildman–Crippen LogP) is 4.24. The number of rotatable bonds is 8. The van der Waals surface area contributed by atoms with Crippen molar-refractivity contribution in [2.45, 2.75) is 6.92 Å². The van der Waals surface area contributed by atoms with E-state index in [4.69, 9.17) is 21.1 Å². The number of carbonyl (C=O) groups excluding carboxylic acids is 3. The van der Waals surface area contributed by atoms with Gasteiger partial charge in [-0.25, -0.2) is 0 Å². The molecule has 0 heterocycles. The summed E-state index contributed by atoms with van der Waals surface area (Å²) in [6.45, 7) is 0.913. The van der Waals surface area contributed by atoms with Crippen LogP contribution in [0.1, 0.15) is 15.9 Å². The lowest BCUT2D eigenvalue weighted by Crippen LogP contribution is -2.32. The van der Waals surface area contributed by atoms with Gasteiger partial charge in [-0.05, 0) is 41.8 Å². The van der Waals surface area contributed by atoms with E-state index >= 15 is 0 Å². The Labute approximate surface area is 196 Å². The third-order valence-corrected chi connectivity index (χ3v) is 5.17. The molecule has 3 rings (SSSR count). The topological polar surface area (TPSA) is 93.7 Å². The van der Waals surface area contributed by atoms with E-state index in [-0.39, 0.29) is 6.54 Å². The summed E-state index contributed by atoms with van der Waals surface area (Å²) in [6.07, 6.45) is 0. The lowest BCUT2D eigenvalue weighted by molar-refractivity contribution is -0.146. The fourth-order valence-electron chi connectivity index (χ4n) is 3.01. The normalized spacial score (nSPS) is 10.3. The molecule has 0 fully saturated rings. The Kier molecular flexibility index (Phi) is 8.05. The molecule has 0 atom stereocenters. The minimum absolute atomic E-state index is 0.365. The van der Waals surface area contributed by atoms with E-state index < -0.39 is 24.4 Å². The summed E-state index contributed by atoms with van der Waals surface area (Å²) in [4.78, 5) is 36.3. The molecule has 3 aromatic rings. The lowest BCUT2D eigenvalue weighted by Gasteiger charge is -2.12. The van der Waals surface area contributed by atoms with Gasteiger partial charge in [0.15, 0.2) is 6.61 Å². The van der Waals surface area contributed by atoms with Gasteiger partial charge >= 0.3 is 5.97 Å². The lowest BCUT2D eigenvalue weighted by atomic mass is 10.0. The molecule has 0 aliphatic rings. The summed E-state index contributed by atoms with van der Waals surface area (Å²) >= 11 is 6.05. The number of nitrogens with one attached hydrogen (secondary N) is 2. The Balaban J connectivity index is 1.46. The molecule has 0 aliphatic carbocycles. The summed E-state index contributed by atoms with van der Waals surface area (Å²) in [5.74, 6) is -1.32. The zero-order valence-corrected chi connectivity index (χ0v) is 18.9. The Bertz CT molecular complexity index is 1150. The highest BCUT2D eigenvalue weighted by Crippen LogP contribution is 2.30. The Morgan fingerprint density at radius 1 is 0.939 bits per heavy atom. The maximum absolute atomic E-state index is 12.3. The van der Waals surface area contributed by atoms with Crippen LogP contribution in [0.15, 0.2) is 66.7 Å². The molecule has 0 aromatic heterocycles. The van der Waals surface area contributed by atoms with Crippen LogP contribution in [0.5, 0.6) is 5.75 Å². The highest BCUT2D eigenvalue weighted by atomic mass is 35.5. The molecule has 2 amide bonds. The van der Waals surface area contributed by atoms with Gasteiger partial charge in [-0.1, -0.05) is 54.1 Å². The molecule has 0 radical (unpaired) electrons. The maximum Gasteiger partial charge on any atom is 0.325 e. The molecule has 0 spiro atoms. The van der Waals surface area contributed by atoms with E-state index in [0.29, 0.717) is 22.0 Å². The first kappa shape index (κ1) is 23.8. The number of hydrogen-bond acceptors (Lipinski definition) is 5. The number of ether oxygens (including phenoxy) is 2. The van der Waals surface area contributed by atoms with E-state index in [9.17, 15) is 14.4 Å². The zero-order valence-electron chi connectivity index (χ0n) is 18.2. The number of methoxy groups -OCH3 is 1. The molecule has 170 valence electrons. The van der Waals surface area contributed by atoms with Gasteiger partial charge in [-0.2, -0.15) is 0 Å². The summed E-state index contributed by atoms with van der Waals surface area (Å²) in [5, 5.41) is 5.59. The number of hydrogen-bond donors (Lipinski definition) is 2. The fraction of sp³-hybridized carbons (Fsp3) is 0.160. The van der Waals surface area contributed by atoms with Crippen molar-refractivity contribution in [3.05, 3.63) is 82.9 Å². The van der Waals surface area contributed by atoms with Gasteiger partial charge in [0.05, 0.1) is 12.8 Å². The van der Waals surface area contributed by atoms with Crippen LogP contribution in [0.2, 0.25) is 5.02 Å². The van der Waals surface area contributed by atoms with Crippen LogP contribution in [0.25, 0.3) is 11.1 Å². The largest absolute Gasteiger partial charge is 0.495 e. The smallest absolute Gasteiger partial charge is 0.325 e. The van der Waals surface area contributed by atoms with Gasteiger partial charge in [0, 0.05) is 16.7 Å². The zero-order chi connectivity index (χ0) is 23.8. The van der Waals surface area contributed by atoms with Crippen LogP contribution in [-0.4, -0.2) is 38.0 Å². The van der Waals surface area contributed by atoms with Gasteiger partial charge in [0.1, 0.15) is 12.3 Å². The number of benzene rings is 3. The van der Waals surface area contributed by atoms with E-state index in [2.05, 4.69) is 10.6 Å². The van der Waals surface area contributed by atoms with E-state index in [1.54, 1.807) is 31.2 Å². The summed E-state index contributed by atoms with van der Waals surface area (Å²) in [5.41, 5.74) is 3.59. The number of aryl methyl sites for hydroxylation is 1. The second kappa shape index (κ2) is 11.2. The van der Waals surface area contributed by atoms with Gasteiger partial charge in [0.2, 0.25) is 0 Å². The molecule has 33 heavy (non-hydrogen) atoms. The molecule has 7 nitrogen and oxygen atoms in total. The quantitative estimate of drug-likeness (QED) is 0.484. The van der Waals surface area contributed by atoms with Crippen LogP contribution in [0.4, 0.5) is 5.69 Å². The standard InChI is InChI=1S/C25H23ClN2O5/c1-16-12-21(22(32-2)13-20(16)26)28-23(29)15-33-24(30)14-27-25(31)19-10-8-18(9-11-19)17-6-4-3-5-7-17/h3-13H,14-15H2,1-2H3,(H,27,31)(H,28,29). The van der Waals surface area contributed by atoms with E-state index in [1.807, 2.05) is 42.5 Å². The number of halogens is 1. The molecule has 0 saturated carbocycles. The highest BCUT2D eigenvalue weighted by Gasteiger charge is 2.14. The first-order valence-corrected chi connectivity index (χ1v) is 10.5. The third-order valence-electron chi connectivity index (χ3n) is 4.77. The van der Waals surface area contributed by atoms with Gasteiger partial charge < -0.3 is 20.1 Å². The summed E-state index contributed by atoms with van der Waals surface area (Å²) < 4.78 is 10.1. The SMILES string of the molecule is COc1cc(Cl)c(C)cc1NC(=O)COC(=O)CNC(=O)c1ccc(-c2ccccc2)cc1. The molecule has 0 aliphatic heterocycles. The fourth-order valence-corrected chi connectivity index (χ4v) is 3.17. The molecule has 2 N–H and O–H groups in total. The molecule has 8 heteroatoms. The molecular weight excluding hydrogens is 444 g/mol. The van der Waals surface area contributed by atoms with Crippen LogP contribution >= 0.6 is 11.6 Å². The molecule has 3 aromatic carbocycles. The number of esters is 1. The van der Waals surface area contributed by atoms with E-state index in [1.165, 1.54) is 7.11 Å². The number of amides is 2. The van der Waals surface area contributed by atoms with Gasteiger partial charge in [0.25, 0.3) is 11.8 Å². The summed E-state index contributed by atoms with van der Waals surface area (Å²) in [7, 11) is 1.45. The second-order valence-corrected chi connectivity index (χ2v) is 7.54. The average Bonchev–Trinajstić information content (AvgIpc) is 2.84. The van der Waals surface area contributed by atoms with Crippen molar-refractivity contribution in [1.29, 1.82) is 0 Å². The van der Waals surface area contributed by atoms with Gasteiger partial charge in [-0.15, -0.1) is 0 Å². The number of carbonyl (C=O) groups is 3. The van der Waals surface area contributed by atoms with Crippen molar-refractivity contribution in [2.24, 2.45) is 0 Å². The van der Waals surface area contributed by atoms with Crippen molar-refractivity contribution >= 4 is 35.1 Å². The Hall–Kier alpha value is -3.84. The molecule has 0 unspecified atom stereocenters. The van der Waals surface area contributed by atoms with Crippen LogP contribution < -0.4 is 15.4 Å². The van der Waals surface area contributed by atoms with Crippen LogP contribution in [0, 0.1) is 6.92 Å². The predicted molar refractivity (Wildman–Crippen MR) is 127 cm³/mol. The molecule has 0 bridgehead atoms. The monoisotopic (exact) mass is 466 g/mol. The van der Waals surface area contributed by atoms with Crippen LogP contribution in [-0.2, 0) is 14.3 Å². The Morgan fingerprint density at radius 2 is 1.61 bits per heavy atom. The van der Waals surface area contributed by atoms with Gasteiger partial charge in [-0.3, -0.25) is 14.4 Å². The van der Waals surface area contributed by atoms with Crippen molar-refractivity contribution in [3.63, 3.8) is 0 Å². The van der Waals surface area contributed by atoms with Crippen molar-refractivity contribution in [1.82, 2.24) is 5.32 Å². The molecule has 0 saturated heterocycles. The van der Waals surface area contributed by atoms with Crippen molar-refractivity contribution in [3.8, 4) is 16.9 Å². The van der Waals surface area contributed by atoms with Crippen molar-refractivity contribution < 1.29 is 23.9 Å². The maximum atomic E-state index is 12.3. The number of anilines is 1. The minimum Gasteiger partial charge on any atom is -0.495 e.